The maximum atomic E-state index is 13.1. The Morgan fingerprint density at radius 2 is 2.00 bits per heavy atom. The number of rotatable bonds is 8. The quantitative estimate of drug-likeness (QED) is 0.305. The Morgan fingerprint density at radius 3 is 2.67 bits per heavy atom. The minimum atomic E-state index is -3.70. The Balaban J connectivity index is 1.78. The molecule has 2 amide bonds. The molecule has 0 spiro atoms. The van der Waals surface area contributed by atoms with Crippen molar-refractivity contribution in [1.82, 2.24) is 10.4 Å². The third-order valence-corrected chi connectivity index (χ3v) is 7.36. The molecule has 1 aliphatic heterocycles. The van der Waals surface area contributed by atoms with Crippen LogP contribution in [-0.2, 0) is 28.7 Å². The molecule has 1 unspecified atom stereocenters. The lowest BCUT2D eigenvalue weighted by Gasteiger charge is -2.24. The van der Waals surface area contributed by atoms with Crippen molar-refractivity contribution in [2.75, 3.05) is 12.4 Å². The molecule has 0 radical (unpaired) electrons. The third-order valence-electron chi connectivity index (χ3n) is 5.63. The number of hydroxylamine groups is 2. The lowest BCUT2D eigenvalue weighted by Crippen LogP contribution is -2.39. The van der Waals surface area contributed by atoms with E-state index in [-0.39, 0.29) is 22.1 Å². The molecule has 0 aliphatic carbocycles. The highest BCUT2D eigenvalue weighted by molar-refractivity contribution is 7.90. The van der Waals surface area contributed by atoms with Gasteiger partial charge in [-0.15, -0.1) is 0 Å². The molecule has 2 aromatic carbocycles. The molecule has 33 heavy (non-hydrogen) atoms. The number of fused-ring (bicyclic) bond motifs is 1. The summed E-state index contributed by atoms with van der Waals surface area (Å²) >= 11 is 0. The summed E-state index contributed by atoms with van der Waals surface area (Å²) in [6.45, 7) is 8.62. The summed E-state index contributed by atoms with van der Waals surface area (Å²) < 4.78 is 31.5. The number of allylic oxidation sites excluding steroid dienone is 1. The number of nitrogens with one attached hydrogen (secondary N) is 2. The van der Waals surface area contributed by atoms with Crippen LogP contribution in [0.1, 0.15) is 30.5 Å². The van der Waals surface area contributed by atoms with Crippen LogP contribution in [0.25, 0.3) is 0 Å². The summed E-state index contributed by atoms with van der Waals surface area (Å²) in [5.41, 5.74) is 3.94. The fraction of sp³-hybridized carbons (Fsp3) is 0.292. The number of nitrogens with zero attached hydrogens (tertiary/aromatic N) is 1. The Kier molecular flexibility index (Phi) is 7.57. The number of hydrogen-bond donors (Lipinski definition) is 3. The second kappa shape index (κ2) is 10.2. The van der Waals surface area contributed by atoms with Crippen LogP contribution in [-0.4, -0.2) is 37.9 Å². The molecule has 2 aromatic rings. The van der Waals surface area contributed by atoms with E-state index in [0.717, 1.165) is 18.7 Å². The first kappa shape index (κ1) is 24.5. The molecule has 3 rings (SSSR count). The lowest BCUT2D eigenvalue weighted by atomic mass is 10.1. The van der Waals surface area contributed by atoms with Crippen LogP contribution in [0.4, 0.5) is 10.5 Å². The first-order valence-electron chi connectivity index (χ1n) is 10.5. The van der Waals surface area contributed by atoms with Gasteiger partial charge < -0.3 is 15.4 Å². The van der Waals surface area contributed by atoms with Crippen LogP contribution in [0.5, 0.6) is 5.75 Å². The predicted molar refractivity (Wildman–Crippen MR) is 127 cm³/mol. The first-order valence-corrected chi connectivity index (χ1v) is 12.1. The highest BCUT2D eigenvalue weighted by Crippen LogP contribution is 2.30. The number of methoxy groups -OCH3 is 1. The van der Waals surface area contributed by atoms with Crippen LogP contribution in [0.2, 0.25) is 0 Å². The van der Waals surface area contributed by atoms with Crippen molar-refractivity contribution in [3.8, 4) is 5.75 Å². The van der Waals surface area contributed by atoms with Gasteiger partial charge in [0.1, 0.15) is 10.6 Å². The van der Waals surface area contributed by atoms with E-state index in [0.29, 0.717) is 16.2 Å². The number of amides is 2. The zero-order valence-corrected chi connectivity index (χ0v) is 19.8. The zero-order chi connectivity index (χ0) is 24.2. The third kappa shape index (κ3) is 5.44. The Hall–Kier alpha value is -3.14. The van der Waals surface area contributed by atoms with E-state index < -0.39 is 21.9 Å². The summed E-state index contributed by atoms with van der Waals surface area (Å²) in [7, 11) is -2.34. The smallest absolute Gasteiger partial charge is 0.346 e. The van der Waals surface area contributed by atoms with Crippen molar-refractivity contribution in [2.24, 2.45) is 0 Å². The van der Waals surface area contributed by atoms with Gasteiger partial charge in [-0.2, -0.15) is 5.06 Å². The summed E-state index contributed by atoms with van der Waals surface area (Å²) in [4.78, 5) is 12.5. The zero-order valence-electron chi connectivity index (χ0n) is 19.0. The Morgan fingerprint density at radius 1 is 1.27 bits per heavy atom. The van der Waals surface area contributed by atoms with Gasteiger partial charge in [-0.25, -0.2) is 13.2 Å². The average Bonchev–Trinajstić information content (AvgIpc) is 3.26. The van der Waals surface area contributed by atoms with Gasteiger partial charge in [-0.1, -0.05) is 36.9 Å². The van der Waals surface area contributed by atoms with Crippen LogP contribution in [0.3, 0.4) is 0 Å². The molecular weight excluding hydrogens is 442 g/mol. The van der Waals surface area contributed by atoms with Crippen LogP contribution < -0.4 is 15.4 Å². The highest BCUT2D eigenvalue weighted by Gasteiger charge is 2.24. The minimum absolute atomic E-state index is 0.0266. The molecule has 8 nitrogen and oxygen atoms in total. The molecule has 1 aliphatic rings. The predicted octanol–water partition coefficient (Wildman–Crippen LogP) is 4.02. The molecule has 0 saturated heterocycles. The van der Waals surface area contributed by atoms with E-state index in [9.17, 15) is 18.4 Å². The fourth-order valence-electron chi connectivity index (χ4n) is 3.76. The number of carbonyl (C=O) groups is 1. The number of hydrogen-bond acceptors (Lipinski definition) is 6. The molecular formula is C24H29N3O5S. The molecule has 1 atom stereocenters. The van der Waals surface area contributed by atoms with Crippen molar-refractivity contribution < 1.29 is 23.2 Å². The van der Waals surface area contributed by atoms with Gasteiger partial charge in [-0.05, 0) is 48.2 Å². The summed E-state index contributed by atoms with van der Waals surface area (Å²) in [5, 5.41) is 16.6. The number of sulfone groups is 1. The SMILES string of the molecule is C=C/C(=C\C)C(C)N(O)C(=O)Nc1ccc(S(=O)(=O)Cc2ccc3c(c2)CNC3)c(OC)c1. The van der Waals surface area contributed by atoms with Crippen molar-refractivity contribution >= 4 is 21.6 Å². The molecule has 176 valence electrons. The summed E-state index contributed by atoms with van der Waals surface area (Å²) in [6, 6.07) is 8.57. The Bertz CT molecular complexity index is 1190. The molecule has 0 fully saturated rings. The van der Waals surface area contributed by atoms with Gasteiger partial charge in [0.05, 0.1) is 18.9 Å². The maximum absolute atomic E-state index is 13.1. The second-order valence-electron chi connectivity index (χ2n) is 7.77. The number of benzene rings is 2. The molecule has 0 saturated carbocycles. The number of anilines is 1. The van der Waals surface area contributed by atoms with Crippen molar-refractivity contribution in [3.05, 3.63) is 77.4 Å². The van der Waals surface area contributed by atoms with E-state index >= 15 is 0 Å². The number of ether oxygens (including phenoxy) is 1. The van der Waals surface area contributed by atoms with Crippen molar-refractivity contribution in [3.63, 3.8) is 0 Å². The van der Waals surface area contributed by atoms with E-state index in [2.05, 4.69) is 17.2 Å². The van der Waals surface area contributed by atoms with Crippen molar-refractivity contribution in [1.29, 1.82) is 0 Å². The fourth-order valence-corrected chi connectivity index (χ4v) is 5.26. The first-order chi connectivity index (χ1) is 15.7. The molecule has 0 aromatic heterocycles. The van der Waals surface area contributed by atoms with Gasteiger partial charge in [-0.3, -0.25) is 5.21 Å². The van der Waals surface area contributed by atoms with Gasteiger partial charge in [0, 0.05) is 24.8 Å². The Labute approximate surface area is 194 Å². The molecule has 0 bridgehead atoms. The maximum Gasteiger partial charge on any atom is 0.346 e. The lowest BCUT2D eigenvalue weighted by molar-refractivity contribution is -0.0564. The van der Waals surface area contributed by atoms with Gasteiger partial charge in [0.25, 0.3) is 0 Å². The summed E-state index contributed by atoms with van der Waals surface area (Å²) in [5.74, 6) is -0.0637. The van der Waals surface area contributed by atoms with Crippen LogP contribution in [0.15, 0.2) is 65.6 Å². The molecule has 3 N–H and O–H groups in total. The highest BCUT2D eigenvalue weighted by atomic mass is 32.2. The van der Waals surface area contributed by atoms with Crippen LogP contribution in [0, 0.1) is 0 Å². The van der Waals surface area contributed by atoms with E-state index in [4.69, 9.17) is 4.74 Å². The standard InChI is InChI=1S/C24H29N3O5S/c1-5-18(6-2)16(3)27(29)24(28)26-21-9-10-23(22(12-21)32-4)33(30,31)15-17-7-8-19-13-25-14-20(19)11-17/h5-12,16,25,29H,1,13-15H2,2-4H3,(H,26,28)/b18-6+. The number of carbonyl (C=O) groups excluding carboxylic acids is 1. The van der Waals surface area contributed by atoms with Gasteiger partial charge in [0.2, 0.25) is 0 Å². The summed E-state index contributed by atoms with van der Waals surface area (Å²) in [6.07, 6.45) is 3.30. The van der Waals surface area contributed by atoms with E-state index in [1.807, 2.05) is 18.2 Å². The largest absolute Gasteiger partial charge is 0.495 e. The molecule has 1 heterocycles. The minimum Gasteiger partial charge on any atom is -0.495 e. The van der Waals surface area contributed by atoms with E-state index in [1.54, 1.807) is 26.0 Å². The topological polar surface area (TPSA) is 108 Å². The average molecular weight is 472 g/mol. The van der Waals surface area contributed by atoms with Crippen molar-refractivity contribution in [2.45, 2.75) is 43.6 Å². The molecule has 9 heteroatoms. The van der Waals surface area contributed by atoms with E-state index in [1.165, 1.54) is 30.9 Å². The normalized spacial score (nSPS) is 14.4. The number of urea groups is 1. The van der Waals surface area contributed by atoms with Gasteiger partial charge in [0.15, 0.2) is 9.84 Å². The van der Waals surface area contributed by atoms with Gasteiger partial charge >= 0.3 is 6.03 Å². The van der Waals surface area contributed by atoms with Crippen LogP contribution >= 0.6 is 0 Å². The second-order valence-corrected chi connectivity index (χ2v) is 9.73. The monoisotopic (exact) mass is 471 g/mol.